The minimum Gasteiger partial charge on any atom is -0.269 e. The largest absolute Gasteiger partial charge is 0.274 e. The first-order valence-corrected chi connectivity index (χ1v) is 8.34. The molecule has 0 unspecified atom stereocenters. The van der Waals surface area contributed by atoms with Crippen molar-refractivity contribution in [3.05, 3.63) is 65.7 Å². The van der Waals surface area contributed by atoms with Gasteiger partial charge in [0.15, 0.2) is 0 Å². The number of nitrogens with one attached hydrogen (secondary N) is 1. The van der Waals surface area contributed by atoms with Crippen molar-refractivity contribution in [1.82, 2.24) is 9.79 Å². The summed E-state index contributed by atoms with van der Waals surface area (Å²) in [6.07, 6.45) is 0. The predicted octanol–water partition coefficient (Wildman–Crippen LogP) is 1.80. The maximum Gasteiger partial charge on any atom is 0.274 e. The van der Waals surface area contributed by atoms with Crippen LogP contribution < -0.4 is 5.48 Å². The smallest absolute Gasteiger partial charge is 0.269 e. The number of carbonyl (C=O) groups excluding carboxylic acids is 1. The lowest BCUT2D eigenvalue weighted by molar-refractivity contribution is 0.0233. The number of benzene rings is 2. The zero-order valence-electron chi connectivity index (χ0n) is 12.9. The molecule has 0 radical (unpaired) electrons. The third kappa shape index (κ3) is 4.38. The fourth-order valence-corrected chi connectivity index (χ4v) is 2.71. The summed E-state index contributed by atoms with van der Waals surface area (Å²) in [5, 5.41) is 0. The first-order chi connectivity index (χ1) is 10.9. The van der Waals surface area contributed by atoms with Crippen molar-refractivity contribution in [2.45, 2.75) is 11.5 Å². The van der Waals surface area contributed by atoms with Crippen molar-refractivity contribution < 1.29 is 18.0 Å². The second-order valence-electron chi connectivity index (χ2n) is 5.02. The van der Waals surface area contributed by atoms with E-state index in [2.05, 4.69) is 5.48 Å². The molecule has 1 amide bonds. The van der Waals surface area contributed by atoms with Gasteiger partial charge in [-0.15, -0.1) is 0 Å². The Morgan fingerprint density at radius 1 is 1.04 bits per heavy atom. The summed E-state index contributed by atoms with van der Waals surface area (Å²) in [4.78, 5) is 17.2. The van der Waals surface area contributed by atoms with Gasteiger partial charge in [-0.2, -0.15) is 0 Å². The summed E-state index contributed by atoms with van der Waals surface area (Å²) in [6.45, 7) is 0.250. The minimum absolute atomic E-state index is 0.129. The molecule has 23 heavy (non-hydrogen) atoms. The highest BCUT2D eigenvalue weighted by molar-refractivity contribution is 7.89. The van der Waals surface area contributed by atoms with E-state index >= 15 is 0 Å². The number of hydrogen-bond donors (Lipinski definition) is 1. The van der Waals surface area contributed by atoms with Gasteiger partial charge >= 0.3 is 0 Å². The Morgan fingerprint density at radius 3 is 2.22 bits per heavy atom. The fourth-order valence-electron chi connectivity index (χ4n) is 1.81. The Labute approximate surface area is 135 Å². The van der Waals surface area contributed by atoms with Gasteiger partial charge in [-0.05, 0) is 29.8 Å². The Bertz CT molecular complexity index is 756. The van der Waals surface area contributed by atoms with Crippen LogP contribution in [0.25, 0.3) is 0 Å². The first kappa shape index (κ1) is 17.1. The average molecular weight is 334 g/mol. The molecule has 0 bridgehead atoms. The minimum atomic E-state index is -3.50. The van der Waals surface area contributed by atoms with Crippen molar-refractivity contribution >= 4 is 15.9 Å². The van der Waals surface area contributed by atoms with Crippen molar-refractivity contribution in [1.29, 1.82) is 0 Å². The van der Waals surface area contributed by atoms with E-state index in [1.807, 2.05) is 30.3 Å². The molecule has 0 aliphatic heterocycles. The van der Waals surface area contributed by atoms with Crippen LogP contribution in [0.15, 0.2) is 59.5 Å². The number of nitrogens with zero attached hydrogens (tertiary/aromatic N) is 1. The molecule has 0 atom stereocenters. The second-order valence-corrected chi connectivity index (χ2v) is 7.17. The van der Waals surface area contributed by atoms with E-state index < -0.39 is 15.9 Å². The zero-order chi connectivity index (χ0) is 16.9. The summed E-state index contributed by atoms with van der Waals surface area (Å²) in [5.74, 6) is -0.435. The monoisotopic (exact) mass is 334 g/mol. The highest BCUT2D eigenvalue weighted by atomic mass is 32.2. The van der Waals surface area contributed by atoms with Crippen LogP contribution in [0.4, 0.5) is 0 Å². The molecule has 1 N–H and O–H groups in total. The number of sulfonamides is 1. The number of hydroxylamine groups is 1. The average Bonchev–Trinajstić information content (AvgIpc) is 2.55. The molecule has 6 nitrogen and oxygen atoms in total. The lowest BCUT2D eigenvalue weighted by Gasteiger charge is -2.11. The van der Waals surface area contributed by atoms with Gasteiger partial charge in [-0.25, -0.2) is 18.2 Å². The molecule has 0 aliphatic rings. The molecule has 2 aromatic rings. The first-order valence-electron chi connectivity index (χ1n) is 6.90. The van der Waals surface area contributed by atoms with Crippen molar-refractivity contribution in [3.63, 3.8) is 0 Å². The molecule has 0 aliphatic carbocycles. The van der Waals surface area contributed by atoms with E-state index in [0.717, 1.165) is 9.87 Å². The summed E-state index contributed by atoms with van der Waals surface area (Å²) in [5.41, 5.74) is 3.58. The van der Waals surface area contributed by atoms with Gasteiger partial charge in [0.25, 0.3) is 5.91 Å². The lowest BCUT2D eigenvalue weighted by Crippen LogP contribution is -2.24. The normalized spacial score (nSPS) is 11.4. The van der Waals surface area contributed by atoms with E-state index in [1.165, 1.54) is 38.4 Å². The number of hydrogen-bond acceptors (Lipinski definition) is 4. The van der Waals surface area contributed by atoms with Crippen LogP contribution in [0.3, 0.4) is 0 Å². The van der Waals surface area contributed by atoms with Crippen LogP contribution in [0.5, 0.6) is 0 Å². The fraction of sp³-hybridized carbons (Fsp3) is 0.188. The standard InChI is InChI=1S/C16H18N2O4S/c1-18(2)23(20,21)15-10-8-14(9-11-15)16(19)17-22-12-13-6-4-3-5-7-13/h3-11H,12H2,1-2H3,(H,17,19). The molecule has 7 heteroatoms. The zero-order valence-corrected chi connectivity index (χ0v) is 13.7. The van der Waals surface area contributed by atoms with E-state index in [-0.39, 0.29) is 11.5 Å². The third-order valence-corrected chi connectivity index (χ3v) is 4.97. The van der Waals surface area contributed by atoms with Gasteiger partial charge in [0.05, 0.1) is 11.5 Å². The Balaban J connectivity index is 1.95. The van der Waals surface area contributed by atoms with Gasteiger partial charge < -0.3 is 0 Å². The molecule has 0 saturated heterocycles. The molecule has 122 valence electrons. The highest BCUT2D eigenvalue weighted by Gasteiger charge is 2.17. The quantitative estimate of drug-likeness (QED) is 0.817. The maximum atomic E-state index is 11.9. The Hall–Kier alpha value is -2.22. The van der Waals surface area contributed by atoms with E-state index in [9.17, 15) is 13.2 Å². The predicted molar refractivity (Wildman–Crippen MR) is 86.0 cm³/mol. The van der Waals surface area contributed by atoms with Gasteiger partial charge in [-0.1, -0.05) is 30.3 Å². The number of amides is 1. The number of carbonyl (C=O) groups is 1. The van der Waals surface area contributed by atoms with Crippen LogP contribution >= 0.6 is 0 Å². The Kier molecular flexibility index (Phi) is 5.49. The van der Waals surface area contributed by atoms with Crippen LogP contribution in [0.1, 0.15) is 15.9 Å². The van der Waals surface area contributed by atoms with E-state index in [4.69, 9.17) is 4.84 Å². The topological polar surface area (TPSA) is 75.7 Å². The Morgan fingerprint density at radius 2 is 1.65 bits per heavy atom. The van der Waals surface area contributed by atoms with Gasteiger partial charge in [-0.3, -0.25) is 9.63 Å². The molecule has 2 rings (SSSR count). The van der Waals surface area contributed by atoms with E-state index in [0.29, 0.717) is 5.56 Å². The summed E-state index contributed by atoms with van der Waals surface area (Å²) < 4.78 is 25.0. The van der Waals surface area contributed by atoms with Crippen molar-refractivity contribution in [2.75, 3.05) is 14.1 Å². The maximum absolute atomic E-state index is 11.9. The molecule has 0 heterocycles. The summed E-state index contributed by atoms with van der Waals surface area (Å²) in [6, 6.07) is 15.1. The van der Waals surface area contributed by atoms with Gasteiger partial charge in [0.1, 0.15) is 0 Å². The molecular formula is C16H18N2O4S. The van der Waals surface area contributed by atoms with Crippen LogP contribution in [0.2, 0.25) is 0 Å². The summed E-state index contributed by atoms with van der Waals surface area (Å²) >= 11 is 0. The van der Waals surface area contributed by atoms with Gasteiger partial charge in [0.2, 0.25) is 10.0 Å². The molecule has 0 fully saturated rings. The van der Waals surface area contributed by atoms with Crippen molar-refractivity contribution in [3.8, 4) is 0 Å². The summed E-state index contributed by atoms with van der Waals surface area (Å²) in [7, 11) is -0.598. The molecule has 0 saturated carbocycles. The molecule has 0 spiro atoms. The van der Waals surface area contributed by atoms with Crippen LogP contribution in [-0.4, -0.2) is 32.7 Å². The molecule has 0 aromatic heterocycles. The third-order valence-electron chi connectivity index (χ3n) is 3.14. The number of rotatable bonds is 6. The lowest BCUT2D eigenvalue weighted by atomic mass is 10.2. The van der Waals surface area contributed by atoms with E-state index in [1.54, 1.807) is 0 Å². The SMILES string of the molecule is CN(C)S(=O)(=O)c1ccc(C(=O)NOCc2ccccc2)cc1. The highest BCUT2D eigenvalue weighted by Crippen LogP contribution is 2.14. The van der Waals surface area contributed by atoms with Gasteiger partial charge in [0, 0.05) is 19.7 Å². The van der Waals surface area contributed by atoms with Crippen LogP contribution in [0, 0.1) is 0 Å². The molecule has 2 aromatic carbocycles. The second kappa shape index (κ2) is 7.36. The van der Waals surface area contributed by atoms with Crippen LogP contribution in [-0.2, 0) is 21.5 Å². The molecular weight excluding hydrogens is 316 g/mol. The van der Waals surface area contributed by atoms with Crippen molar-refractivity contribution in [2.24, 2.45) is 0 Å².